The summed E-state index contributed by atoms with van der Waals surface area (Å²) < 4.78 is 5.21. The summed E-state index contributed by atoms with van der Waals surface area (Å²) >= 11 is 3.12. The highest BCUT2D eigenvalue weighted by atomic mass is 32.1. The average molecular weight is 478 g/mol. The number of ether oxygens (including phenoxy) is 1. The smallest absolute Gasteiger partial charge is 0.265 e. The summed E-state index contributed by atoms with van der Waals surface area (Å²) in [5.41, 5.74) is 2.61. The summed E-state index contributed by atoms with van der Waals surface area (Å²) in [4.78, 5) is 23.7. The number of thiazole rings is 1. The monoisotopic (exact) mass is 477 g/mol. The maximum absolute atomic E-state index is 13.1. The summed E-state index contributed by atoms with van der Waals surface area (Å²) in [6.45, 7) is 4.64. The third-order valence-corrected chi connectivity index (χ3v) is 7.83. The van der Waals surface area contributed by atoms with Crippen molar-refractivity contribution >= 4 is 34.4 Å². The maximum atomic E-state index is 13.1. The van der Waals surface area contributed by atoms with Gasteiger partial charge in [-0.25, -0.2) is 4.98 Å². The Hall–Kier alpha value is -3.30. The highest BCUT2D eigenvalue weighted by molar-refractivity contribution is 7.22. The molecule has 7 nitrogen and oxygen atoms in total. The molecule has 0 radical (unpaired) electrons. The van der Waals surface area contributed by atoms with Crippen LogP contribution in [-0.2, 0) is 0 Å². The molecule has 1 aliphatic heterocycles. The van der Waals surface area contributed by atoms with Crippen LogP contribution in [-0.4, -0.2) is 59.3 Å². The van der Waals surface area contributed by atoms with E-state index >= 15 is 0 Å². The molecule has 0 saturated carbocycles. The first kappa shape index (κ1) is 21.5. The highest BCUT2D eigenvalue weighted by Crippen LogP contribution is 2.32. The Morgan fingerprint density at radius 2 is 1.79 bits per heavy atom. The van der Waals surface area contributed by atoms with Crippen LogP contribution in [0.5, 0.6) is 5.75 Å². The Morgan fingerprint density at radius 1 is 1.00 bits per heavy atom. The molecule has 33 heavy (non-hydrogen) atoms. The number of methoxy groups -OCH3 is 1. The number of anilines is 1. The molecule has 1 aliphatic rings. The molecule has 9 heteroatoms. The zero-order chi connectivity index (χ0) is 22.8. The second-order valence-electron chi connectivity index (χ2n) is 7.70. The van der Waals surface area contributed by atoms with Crippen molar-refractivity contribution in [2.24, 2.45) is 0 Å². The van der Waals surface area contributed by atoms with Crippen LogP contribution in [0.15, 0.2) is 53.9 Å². The van der Waals surface area contributed by atoms with Crippen molar-refractivity contribution in [3.8, 4) is 26.9 Å². The minimum Gasteiger partial charge on any atom is -0.497 e. The maximum Gasteiger partial charge on any atom is 0.265 e. The summed E-state index contributed by atoms with van der Waals surface area (Å²) in [5, 5.41) is 11.8. The second-order valence-corrected chi connectivity index (χ2v) is 9.64. The first-order chi connectivity index (χ1) is 16.1. The van der Waals surface area contributed by atoms with Crippen molar-refractivity contribution in [2.45, 2.75) is 6.92 Å². The molecule has 0 bridgehead atoms. The summed E-state index contributed by atoms with van der Waals surface area (Å²) in [6.07, 6.45) is 0. The van der Waals surface area contributed by atoms with Gasteiger partial charge >= 0.3 is 0 Å². The van der Waals surface area contributed by atoms with E-state index in [-0.39, 0.29) is 5.91 Å². The lowest BCUT2D eigenvalue weighted by Crippen LogP contribution is -2.49. The van der Waals surface area contributed by atoms with Crippen LogP contribution >= 0.6 is 22.7 Å². The Labute approximate surface area is 200 Å². The summed E-state index contributed by atoms with van der Waals surface area (Å²) in [7, 11) is 1.65. The van der Waals surface area contributed by atoms with Gasteiger partial charge in [-0.2, -0.15) is 0 Å². The number of nitrogens with zero attached hydrogens (tertiary/aromatic N) is 5. The standard InChI is InChI=1S/C24H23N5O2S2/c1-16-22(33-23(25-16)20-4-3-15-32-20)24(30)29-13-11-28(12-14-29)21-10-9-19(26-27-21)17-5-7-18(31-2)8-6-17/h3-10,15H,11-14H2,1-2H3. The van der Waals surface area contributed by atoms with Gasteiger partial charge in [0.2, 0.25) is 0 Å². The van der Waals surface area contributed by atoms with E-state index in [2.05, 4.69) is 20.1 Å². The number of piperazine rings is 1. The number of rotatable bonds is 5. The molecule has 5 rings (SSSR count). The first-order valence-electron chi connectivity index (χ1n) is 10.7. The van der Waals surface area contributed by atoms with E-state index in [9.17, 15) is 4.79 Å². The molecule has 3 aromatic heterocycles. The number of aromatic nitrogens is 3. The van der Waals surface area contributed by atoms with Gasteiger partial charge in [-0.05, 0) is 54.8 Å². The largest absolute Gasteiger partial charge is 0.497 e. The van der Waals surface area contributed by atoms with Gasteiger partial charge in [0.25, 0.3) is 5.91 Å². The van der Waals surface area contributed by atoms with Crippen LogP contribution in [0.4, 0.5) is 5.82 Å². The Kier molecular flexibility index (Phi) is 6.06. The van der Waals surface area contributed by atoms with E-state index in [1.807, 2.05) is 65.7 Å². The van der Waals surface area contributed by atoms with Crippen molar-refractivity contribution in [2.75, 3.05) is 38.2 Å². The quantitative estimate of drug-likeness (QED) is 0.418. The SMILES string of the molecule is COc1ccc(-c2ccc(N3CCN(C(=O)c4sc(-c5cccs5)nc4C)CC3)nn2)cc1. The number of thiophene rings is 1. The molecule has 1 amide bonds. The summed E-state index contributed by atoms with van der Waals surface area (Å²) in [5.74, 6) is 1.70. The molecular formula is C24H23N5O2S2. The van der Waals surface area contributed by atoms with Crippen LogP contribution in [0, 0.1) is 6.92 Å². The lowest BCUT2D eigenvalue weighted by molar-refractivity contribution is 0.0750. The topological polar surface area (TPSA) is 71.5 Å². The Balaban J connectivity index is 1.22. The molecule has 1 fully saturated rings. The minimum absolute atomic E-state index is 0.0633. The summed E-state index contributed by atoms with van der Waals surface area (Å²) in [6, 6.07) is 15.8. The van der Waals surface area contributed by atoms with Gasteiger partial charge in [0.05, 0.1) is 23.4 Å². The predicted molar refractivity (Wildman–Crippen MR) is 132 cm³/mol. The molecule has 0 spiro atoms. The van der Waals surface area contributed by atoms with E-state index in [0.29, 0.717) is 13.1 Å². The fraction of sp³-hybridized carbons (Fsp3) is 0.250. The average Bonchev–Trinajstić information content (AvgIpc) is 3.54. The number of benzene rings is 1. The number of hydrogen-bond donors (Lipinski definition) is 0. The number of aryl methyl sites for hydroxylation is 1. The molecule has 168 valence electrons. The van der Waals surface area contributed by atoms with Gasteiger partial charge in [0.15, 0.2) is 5.82 Å². The number of carbonyl (C=O) groups excluding carboxylic acids is 1. The van der Waals surface area contributed by atoms with Gasteiger partial charge in [-0.15, -0.1) is 32.9 Å². The predicted octanol–water partition coefficient (Wildman–Crippen LogP) is 4.61. The van der Waals surface area contributed by atoms with Crippen molar-refractivity contribution in [3.05, 3.63) is 64.5 Å². The Morgan fingerprint density at radius 3 is 2.42 bits per heavy atom. The highest BCUT2D eigenvalue weighted by Gasteiger charge is 2.26. The normalized spacial score (nSPS) is 13.9. The molecule has 0 unspecified atom stereocenters. The lowest BCUT2D eigenvalue weighted by atomic mass is 10.1. The molecule has 1 saturated heterocycles. The van der Waals surface area contributed by atoms with Crippen LogP contribution in [0.1, 0.15) is 15.4 Å². The minimum atomic E-state index is 0.0633. The molecule has 4 heterocycles. The van der Waals surface area contributed by atoms with E-state index in [1.54, 1.807) is 18.4 Å². The first-order valence-corrected chi connectivity index (χ1v) is 12.4. The van der Waals surface area contributed by atoms with E-state index in [0.717, 1.165) is 56.4 Å². The lowest BCUT2D eigenvalue weighted by Gasteiger charge is -2.35. The third kappa shape index (κ3) is 4.46. The molecule has 1 aromatic carbocycles. The van der Waals surface area contributed by atoms with Crippen molar-refractivity contribution in [1.82, 2.24) is 20.1 Å². The molecule has 0 aliphatic carbocycles. The van der Waals surface area contributed by atoms with Gasteiger partial charge in [0, 0.05) is 31.7 Å². The fourth-order valence-electron chi connectivity index (χ4n) is 3.79. The molecule has 4 aromatic rings. The van der Waals surface area contributed by atoms with Crippen molar-refractivity contribution in [3.63, 3.8) is 0 Å². The number of hydrogen-bond acceptors (Lipinski definition) is 8. The molecule has 0 N–H and O–H groups in total. The van der Waals surface area contributed by atoms with Gasteiger partial charge in [-0.3, -0.25) is 4.79 Å². The van der Waals surface area contributed by atoms with E-state index in [1.165, 1.54) is 11.3 Å². The van der Waals surface area contributed by atoms with Gasteiger partial charge < -0.3 is 14.5 Å². The van der Waals surface area contributed by atoms with E-state index < -0.39 is 0 Å². The van der Waals surface area contributed by atoms with Crippen LogP contribution in [0.2, 0.25) is 0 Å². The van der Waals surface area contributed by atoms with Gasteiger partial charge in [-0.1, -0.05) is 6.07 Å². The van der Waals surface area contributed by atoms with Crippen LogP contribution in [0.3, 0.4) is 0 Å². The van der Waals surface area contributed by atoms with Gasteiger partial charge in [0.1, 0.15) is 15.6 Å². The number of carbonyl (C=O) groups is 1. The van der Waals surface area contributed by atoms with Crippen LogP contribution in [0.25, 0.3) is 21.1 Å². The van der Waals surface area contributed by atoms with Crippen molar-refractivity contribution < 1.29 is 9.53 Å². The molecular weight excluding hydrogens is 454 g/mol. The van der Waals surface area contributed by atoms with E-state index in [4.69, 9.17) is 4.74 Å². The zero-order valence-electron chi connectivity index (χ0n) is 18.4. The molecule has 0 atom stereocenters. The third-order valence-electron chi connectivity index (χ3n) is 5.65. The fourth-order valence-corrected chi connectivity index (χ4v) is 5.62. The second kappa shape index (κ2) is 9.29. The number of amides is 1. The van der Waals surface area contributed by atoms with Crippen LogP contribution < -0.4 is 9.64 Å². The Bertz CT molecular complexity index is 1230. The zero-order valence-corrected chi connectivity index (χ0v) is 20.0. The van der Waals surface area contributed by atoms with Crippen molar-refractivity contribution in [1.29, 1.82) is 0 Å².